The van der Waals surface area contributed by atoms with Gasteiger partial charge in [0.15, 0.2) is 5.11 Å². The fraction of sp³-hybridized carbons (Fsp3) is 0.273. The molecule has 4 nitrogen and oxygen atoms in total. The number of nitrogens with one attached hydrogen (secondary N) is 1. The van der Waals surface area contributed by atoms with Crippen LogP contribution in [0.5, 0.6) is 0 Å². The molecule has 2 atom stereocenters. The van der Waals surface area contributed by atoms with Crippen molar-refractivity contribution in [1.82, 2.24) is 15.2 Å². The van der Waals surface area contributed by atoms with Gasteiger partial charge in [-0.25, -0.2) is 0 Å². The molecule has 28 heavy (non-hydrogen) atoms. The second-order valence-electron chi connectivity index (χ2n) is 6.93. The van der Waals surface area contributed by atoms with Crippen LogP contribution in [0.25, 0.3) is 11.3 Å². The summed E-state index contributed by atoms with van der Waals surface area (Å²) in [4.78, 5) is 6.74. The van der Waals surface area contributed by atoms with Crippen LogP contribution >= 0.6 is 23.8 Å². The number of aromatic nitrogens is 1. The van der Waals surface area contributed by atoms with Crippen LogP contribution in [-0.2, 0) is 0 Å². The van der Waals surface area contributed by atoms with Crippen LogP contribution in [0.3, 0.4) is 0 Å². The van der Waals surface area contributed by atoms with Gasteiger partial charge in [-0.2, -0.15) is 0 Å². The number of furan rings is 1. The Morgan fingerprint density at radius 1 is 1.18 bits per heavy atom. The fourth-order valence-corrected chi connectivity index (χ4v) is 4.23. The Kier molecular flexibility index (Phi) is 5.38. The standard InChI is InChI=1S/C22H22ClN3OS/c1-3-13-26-21(20(25-22(26)28)17-9-4-5-12-24-17)19-11-10-18(27-19)15-7-6-8-16(23)14(15)2/h4-12,20-21H,3,13H2,1-2H3,(H,25,28). The third kappa shape index (κ3) is 3.40. The molecule has 1 saturated heterocycles. The van der Waals surface area contributed by atoms with E-state index in [9.17, 15) is 0 Å². The van der Waals surface area contributed by atoms with E-state index in [1.807, 2.05) is 61.7 Å². The lowest BCUT2D eigenvalue weighted by Crippen LogP contribution is -2.30. The van der Waals surface area contributed by atoms with Gasteiger partial charge in [-0.1, -0.05) is 36.7 Å². The van der Waals surface area contributed by atoms with Crippen LogP contribution in [-0.4, -0.2) is 21.5 Å². The average molecular weight is 412 g/mol. The predicted molar refractivity (Wildman–Crippen MR) is 116 cm³/mol. The molecule has 1 fully saturated rings. The third-order valence-electron chi connectivity index (χ3n) is 5.11. The third-order valence-corrected chi connectivity index (χ3v) is 5.88. The van der Waals surface area contributed by atoms with Crippen molar-refractivity contribution in [2.24, 2.45) is 0 Å². The molecular weight excluding hydrogens is 390 g/mol. The Morgan fingerprint density at radius 3 is 2.79 bits per heavy atom. The van der Waals surface area contributed by atoms with Crippen molar-refractivity contribution in [2.45, 2.75) is 32.4 Å². The van der Waals surface area contributed by atoms with Gasteiger partial charge in [0.25, 0.3) is 0 Å². The topological polar surface area (TPSA) is 41.3 Å². The van der Waals surface area contributed by atoms with E-state index in [0.717, 1.165) is 51.4 Å². The largest absolute Gasteiger partial charge is 0.459 e. The summed E-state index contributed by atoms with van der Waals surface area (Å²) < 4.78 is 6.34. The second kappa shape index (κ2) is 7.94. The van der Waals surface area contributed by atoms with Crippen molar-refractivity contribution in [1.29, 1.82) is 0 Å². The van der Waals surface area contributed by atoms with Gasteiger partial charge >= 0.3 is 0 Å². The van der Waals surface area contributed by atoms with Crippen molar-refractivity contribution >= 4 is 28.9 Å². The molecule has 0 amide bonds. The smallest absolute Gasteiger partial charge is 0.170 e. The number of halogens is 1. The van der Waals surface area contributed by atoms with Crippen LogP contribution in [0.2, 0.25) is 5.02 Å². The minimum absolute atomic E-state index is 0.0457. The van der Waals surface area contributed by atoms with Crippen LogP contribution in [0.4, 0.5) is 0 Å². The minimum atomic E-state index is -0.0558. The Hall–Kier alpha value is -2.37. The molecule has 0 spiro atoms. The Balaban J connectivity index is 1.75. The SMILES string of the molecule is CCCN1C(=S)NC(c2ccccn2)C1c1ccc(-c2cccc(Cl)c2C)o1. The van der Waals surface area contributed by atoms with Gasteiger partial charge in [-0.05, 0) is 61.5 Å². The number of thiocarbonyl (C=S) groups is 1. The zero-order chi connectivity index (χ0) is 19.7. The fourth-order valence-electron chi connectivity index (χ4n) is 3.73. The molecule has 0 bridgehead atoms. The number of rotatable bonds is 5. The van der Waals surface area contributed by atoms with E-state index in [2.05, 4.69) is 22.1 Å². The number of hydrogen-bond donors (Lipinski definition) is 1. The molecule has 3 aromatic rings. The summed E-state index contributed by atoms with van der Waals surface area (Å²) in [7, 11) is 0. The molecule has 2 aromatic heterocycles. The zero-order valence-electron chi connectivity index (χ0n) is 15.9. The number of pyridine rings is 1. The van der Waals surface area contributed by atoms with Crippen LogP contribution < -0.4 is 5.32 Å². The molecule has 144 valence electrons. The van der Waals surface area contributed by atoms with Crippen LogP contribution in [0.1, 0.15) is 42.4 Å². The predicted octanol–water partition coefficient (Wildman–Crippen LogP) is 5.69. The molecule has 1 aromatic carbocycles. The van der Waals surface area contributed by atoms with E-state index < -0.39 is 0 Å². The molecule has 0 radical (unpaired) electrons. The Labute approximate surface area is 175 Å². The summed E-state index contributed by atoms with van der Waals surface area (Å²) in [5.41, 5.74) is 2.96. The van der Waals surface area contributed by atoms with Gasteiger partial charge in [-0.15, -0.1) is 0 Å². The average Bonchev–Trinajstić information content (AvgIpc) is 3.30. The van der Waals surface area contributed by atoms with Crippen LogP contribution in [0.15, 0.2) is 59.1 Å². The molecule has 4 rings (SSSR count). The quantitative estimate of drug-likeness (QED) is 0.546. The highest BCUT2D eigenvalue weighted by atomic mass is 35.5. The summed E-state index contributed by atoms with van der Waals surface area (Å²) in [5, 5.41) is 4.91. The highest BCUT2D eigenvalue weighted by molar-refractivity contribution is 7.80. The van der Waals surface area contributed by atoms with Gasteiger partial charge < -0.3 is 14.6 Å². The van der Waals surface area contributed by atoms with Crippen molar-refractivity contribution in [2.75, 3.05) is 6.54 Å². The highest BCUT2D eigenvalue weighted by Crippen LogP contribution is 2.41. The summed E-state index contributed by atoms with van der Waals surface area (Å²) in [6, 6.07) is 15.7. The first-order chi connectivity index (χ1) is 13.6. The number of nitrogens with zero attached hydrogens (tertiary/aromatic N) is 2. The molecule has 1 aliphatic rings. The first kappa shape index (κ1) is 19.0. The summed E-state index contributed by atoms with van der Waals surface area (Å²) in [5.74, 6) is 1.68. The first-order valence-electron chi connectivity index (χ1n) is 9.43. The van der Waals surface area contributed by atoms with Gasteiger partial charge in [0.1, 0.15) is 17.6 Å². The Bertz CT molecular complexity index is 988. The maximum absolute atomic E-state index is 6.34. The summed E-state index contributed by atoms with van der Waals surface area (Å²) >= 11 is 11.9. The van der Waals surface area contributed by atoms with Crippen LogP contribution in [0, 0.1) is 6.92 Å². The van der Waals surface area contributed by atoms with E-state index in [0.29, 0.717) is 0 Å². The molecule has 0 aliphatic carbocycles. The van der Waals surface area contributed by atoms with E-state index in [1.54, 1.807) is 0 Å². The van der Waals surface area contributed by atoms with E-state index >= 15 is 0 Å². The van der Waals surface area contributed by atoms with Crippen molar-refractivity contribution in [3.8, 4) is 11.3 Å². The molecule has 1 aliphatic heterocycles. The lowest BCUT2D eigenvalue weighted by molar-refractivity contribution is 0.275. The Morgan fingerprint density at radius 2 is 2.04 bits per heavy atom. The molecule has 3 heterocycles. The van der Waals surface area contributed by atoms with E-state index in [1.165, 1.54) is 0 Å². The molecule has 2 unspecified atom stereocenters. The summed E-state index contributed by atoms with van der Waals surface area (Å²) in [6.45, 7) is 5.01. The number of benzene rings is 1. The first-order valence-corrected chi connectivity index (χ1v) is 10.2. The van der Waals surface area contributed by atoms with Crippen molar-refractivity contribution in [3.05, 3.63) is 76.8 Å². The number of hydrogen-bond acceptors (Lipinski definition) is 3. The van der Waals surface area contributed by atoms with Gasteiger partial charge in [0.2, 0.25) is 0 Å². The maximum atomic E-state index is 6.34. The second-order valence-corrected chi connectivity index (χ2v) is 7.73. The highest BCUT2D eigenvalue weighted by Gasteiger charge is 2.41. The van der Waals surface area contributed by atoms with Crippen molar-refractivity contribution < 1.29 is 4.42 Å². The molecule has 0 saturated carbocycles. The maximum Gasteiger partial charge on any atom is 0.170 e. The lowest BCUT2D eigenvalue weighted by Gasteiger charge is -2.25. The van der Waals surface area contributed by atoms with Gasteiger partial charge in [-0.3, -0.25) is 4.98 Å². The van der Waals surface area contributed by atoms with E-state index in [-0.39, 0.29) is 12.1 Å². The van der Waals surface area contributed by atoms with Gasteiger partial charge in [0, 0.05) is 23.3 Å². The molecule has 1 N–H and O–H groups in total. The zero-order valence-corrected chi connectivity index (χ0v) is 17.4. The lowest BCUT2D eigenvalue weighted by atomic mass is 10.0. The monoisotopic (exact) mass is 411 g/mol. The minimum Gasteiger partial charge on any atom is -0.459 e. The van der Waals surface area contributed by atoms with E-state index in [4.69, 9.17) is 28.2 Å². The van der Waals surface area contributed by atoms with Crippen molar-refractivity contribution in [3.63, 3.8) is 0 Å². The normalized spacial score (nSPS) is 19.1. The summed E-state index contributed by atoms with van der Waals surface area (Å²) in [6.07, 6.45) is 2.80. The molecule has 6 heteroatoms. The van der Waals surface area contributed by atoms with Gasteiger partial charge in [0.05, 0.1) is 11.7 Å². The molecular formula is C22H22ClN3OS.